The van der Waals surface area contributed by atoms with Gasteiger partial charge in [-0.2, -0.15) is 0 Å². The second-order valence-corrected chi connectivity index (χ2v) is 5.12. The first-order chi connectivity index (χ1) is 8.73. The fourth-order valence-electron chi connectivity index (χ4n) is 1.54. The minimum Gasteiger partial charge on any atom is -0.368 e. The van der Waals surface area contributed by atoms with E-state index in [1.165, 1.54) is 6.07 Å². The standard InChI is InChI=1S/C11H13Cl2N3O3/c1-5(2)10(11(14)17)15-8-3-6(12)7(13)4-9(8)16(18)19/h3-5,10,15H,1-2H3,(H2,14,17). The van der Waals surface area contributed by atoms with Crippen LogP contribution in [0.15, 0.2) is 12.1 Å². The molecule has 0 aromatic heterocycles. The smallest absolute Gasteiger partial charge is 0.293 e. The van der Waals surface area contributed by atoms with Crippen molar-refractivity contribution in [1.82, 2.24) is 0 Å². The van der Waals surface area contributed by atoms with Crippen molar-refractivity contribution < 1.29 is 9.72 Å². The molecule has 1 atom stereocenters. The molecule has 3 N–H and O–H groups in total. The summed E-state index contributed by atoms with van der Waals surface area (Å²) in [5.74, 6) is -0.734. The second-order valence-electron chi connectivity index (χ2n) is 4.31. The van der Waals surface area contributed by atoms with Crippen molar-refractivity contribution in [3.05, 3.63) is 32.3 Å². The van der Waals surface area contributed by atoms with Gasteiger partial charge in [-0.1, -0.05) is 37.0 Å². The maximum atomic E-state index is 11.3. The van der Waals surface area contributed by atoms with E-state index in [9.17, 15) is 14.9 Å². The van der Waals surface area contributed by atoms with Gasteiger partial charge < -0.3 is 11.1 Å². The Morgan fingerprint density at radius 1 is 1.37 bits per heavy atom. The highest BCUT2D eigenvalue weighted by molar-refractivity contribution is 6.42. The van der Waals surface area contributed by atoms with Gasteiger partial charge >= 0.3 is 0 Å². The third-order valence-electron chi connectivity index (χ3n) is 2.52. The first kappa shape index (κ1) is 15.5. The second kappa shape index (κ2) is 6.08. The van der Waals surface area contributed by atoms with E-state index in [1.54, 1.807) is 13.8 Å². The van der Waals surface area contributed by atoms with Crippen molar-refractivity contribution in [2.24, 2.45) is 11.7 Å². The average Bonchev–Trinajstić information content (AvgIpc) is 2.28. The molecule has 0 aliphatic carbocycles. The molecule has 0 radical (unpaired) electrons. The maximum Gasteiger partial charge on any atom is 0.293 e. The highest BCUT2D eigenvalue weighted by Crippen LogP contribution is 2.34. The summed E-state index contributed by atoms with van der Waals surface area (Å²) in [6.45, 7) is 3.54. The number of hydrogen-bond donors (Lipinski definition) is 2. The van der Waals surface area contributed by atoms with Gasteiger partial charge in [0.2, 0.25) is 5.91 Å². The highest BCUT2D eigenvalue weighted by atomic mass is 35.5. The van der Waals surface area contributed by atoms with Crippen LogP contribution < -0.4 is 11.1 Å². The zero-order valence-corrected chi connectivity index (χ0v) is 11.8. The van der Waals surface area contributed by atoms with Crippen molar-refractivity contribution in [3.8, 4) is 0 Å². The summed E-state index contributed by atoms with van der Waals surface area (Å²) in [6, 6.07) is 1.70. The molecule has 8 heteroatoms. The summed E-state index contributed by atoms with van der Waals surface area (Å²) >= 11 is 11.6. The van der Waals surface area contributed by atoms with Crippen LogP contribution in [-0.2, 0) is 4.79 Å². The van der Waals surface area contributed by atoms with E-state index in [0.29, 0.717) is 0 Å². The number of anilines is 1. The van der Waals surface area contributed by atoms with Crippen LogP contribution in [0.5, 0.6) is 0 Å². The van der Waals surface area contributed by atoms with Crippen LogP contribution in [0.2, 0.25) is 10.0 Å². The van der Waals surface area contributed by atoms with E-state index in [0.717, 1.165) is 6.07 Å². The molecule has 1 unspecified atom stereocenters. The van der Waals surface area contributed by atoms with Crippen molar-refractivity contribution in [2.75, 3.05) is 5.32 Å². The lowest BCUT2D eigenvalue weighted by molar-refractivity contribution is -0.384. The largest absolute Gasteiger partial charge is 0.368 e. The van der Waals surface area contributed by atoms with Gasteiger partial charge in [-0.15, -0.1) is 0 Å². The predicted octanol–water partition coefficient (Wildman–Crippen LogP) is 2.82. The van der Waals surface area contributed by atoms with Gasteiger partial charge in [0.1, 0.15) is 11.7 Å². The van der Waals surface area contributed by atoms with Gasteiger partial charge in [0.25, 0.3) is 5.69 Å². The molecule has 1 aromatic rings. The van der Waals surface area contributed by atoms with E-state index < -0.39 is 16.9 Å². The quantitative estimate of drug-likeness (QED) is 0.645. The lowest BCUT2D eigenvalue weighted by Crippen LogP contribution is -2.39. The Bertz CT molecular complexity index is 520. The molecule has 0 aliphatic rings. The molecule has 0 saturated heterocycles. The number of amides is 1. The van der Waals surface area contributed by atoms with Crippen molar-refractivity contribution >= 4 is 40.5 Å². The number of hydrogen-bond acceptors (Lipinski definition) is 4. The van der Waals surface area contributed by atoms with Crippen molar-refractivity contribution in [1.29, 1.82) is 0 Å². The van der Waals surface area contributed by atoms with Crippen LogP contribution in [0.3, 0.4) is 0 Å². The summed E-state index contributed by atoms with van der Waals surface area (Å²) in [6.07, 6.45) is 0. The Balaban J connectivity index is 3.22. The number of nitrogens with one attached hydrogen (secondary N) is 1. The fraction of sp³-hybridized carbons (Fsp3) is 0.364. The van der Waals surface area contributed by atoms with Gasteiger partial charge in [0, 0.05) is 6.07 Å². The van der Waals surface area contributed by atoms with Gasteiger partial charge in [-0.05, 0) is 12.0 Å². The lowest BCUT2D eigenvalue weighted by Gasteiger charge is -2.20. The summed E-state index contributed by atoms with van der Waals surface area (Å²) in [7, 11) is 0. The first-order valence-electron chi connectivity index (χ1n) is 5.43. The van der Waals surface area contributed by atoms with Crippen LogP contribution in [0, 0.1) is 16.0 Å². The molecule has 19 heavy (non-hydrogen) atoms. The van der Waals surface area contributed by atoms with E-state index in [1.807, 2.05) is 0 Å². The molecular weight excluding hydrogens is 293 g/mol. The van der Waals surface area contributed by atoms with Crippen molar-refractivity contribution in [3.63, 3.8) is 0 Å². The number of nitrogens with zero attached hydrogens (tertiary/aromatic N) is 1. The van der Waals surface area contributed by atoms with Gasteiger partial charge in [-0.3, -0.25) is 14.9 Å². The van der Waals surface area contributed by atoms with Gasteiger partial charge in [-0.25, -0.2) is 0 Å². The van der Waals surface area contributed by atoms with Crippen LogP contribution in [0.4, 0.5) is 11.4 Å². The topological polar surface area (TPSA) is 98.3 Å². The number of nitro groups is 1. The fourth-order valence-corrected chi connectivity index (χ4v) is 1.86. The normalized spacial score (nSPS) is 12.3. The number of carbonyl (C=O) groups excluding carboxylic acids is 1. The predicted molar refractivity (Wildman–Crippen MR) is 74.6 cm³/mol. The Hall–Kier alpha value is -1.53. The molecule has 104 valence electrons. The molecule has 0 fully saturated rings. The van der Waals surface area contributed by atoms with Crippen LogP contribution in [-0.4, -0.2) is 16.9 Å². The zero-order chi connectivity index (χ0) is 14.7. The number of nitrogens with two attached hydrogens (primary N) is 1. The molecule has 0 heterocycles. The third-order valence-corrected chi connectivity index (χ3v) is 3.24. The van der Waals surface area contributed by atoms with E-state index in [-0.39, 0.29) is 27.3 Å². The van der Waals surface area contributed by atoms with Crippen LogP contribution >= 0.6 is 23.2 Å². The third kappa shape index (κ3) is 3.71. The minimum absolute atomic E-state index is 0.0686. The summed E-state index contributed by atoms with van der Waals surface area (Å²) < 4.78 is 0. The first-order valence-corrected chi connectivity index (χ1v) is 6.19. The molecule has 0 saturated carbocycles. The molecule has 1 rings (SSSR count). The number of benzene rings is 1. The zero-order valence-electron chi connectivity index (χ0n) is 10.3. The molecule has 1 amide bonds. The summed E-state index contributed by atoms with van der Waals surface area (Å²) in [4.78, 5) is 21.7. The summed E-state index contributed by atoms with van der Waals surface area (Å²) in [5, 5.41) is 13.9. The molecule has 1 aromatic carbocycles. The Morgan fingerprint density at radius 2 is 1.89 bits per heavy atom. The van der Waals surface area contributed by atoms with Gasteiger partial charge in [0.15, 0.2) is 0 Å². The van der Waals surface area contributed by atoms with Crippen LogP contribution in [0.1, 0.15) is 13.8 Å². The number of rotatable bonds is 5. The van der Waals surface area contributed by atoms with Gasteiger partial charge in [0.05, 0.1) is 15.0 Å². The van der Waals surface area contributed by atoms with E-state index >= 15 is 0 Å². The average molecular weight is 306 g/mol. The van der Waals surface area contributed by atoms with E-state index in [2.05, 4.69) is 5.32 Å². The Morgan fingerprint density at radius 3 is 2.32 bits per heavy atom. The SMILES string of the molecule is CC(C)C(Nc1cc(Cl)c(Cl)cc1[N+](=O)[O-])C(N)=O. The molecule has 0 spiro atoms. The monoisotopic (exact) mass is 305 g/mol. The lowest BCUT2D eigenvalue weighted by atomic mass is 10.0. The number of nitro benzene ring substituents is 1. The highest BCUT2D eigenvalue weighted by Gasteiger charge is 2.24. The molecule has 6 nitrogen and oxygen atoms in total. The van der Waals surface area contributed by atoms with Crippen LogP contribution in [0.25, 0.3) is 0 Å². The molecular formula is C11H13Cl2N3O3. The minimum atomic E-state index is -0.740. The number of carbonyl (C=O) groups is 1. The molecule has 0 aliphatic heterocycles. The number of halogens is 2. The number of primary amides is 1. The molecule has 0 bridgehead atoms. The van der Waals surface area contributed by atoms with E-state index in [4.69, 9.17) is 28.9 Å². The maximum absolute atomic E-state index is 11.3. The van der Waals surface area contributed by atoms with Crippen molar-refractivity contribution in [2.45, 2.75) is 19.9 Å². The summed E-state index contributed by atoms with van der Waals surface area (Å²) in [5.41, 5.74) is 5.09. The Labute approximate surface area is 120 Å². The Kier molecular flexibility index (Phi) is 4.97.